The second kappa shape index (κ2) is 24.6. The number of fused-ring (bicyclic) bond motifs is 1. The fraction of sp³-hybridized carbons (Fsp3) is 0.340. The molecule has 2 aromatic heterocycles. The maximum absolute atomic E-state index is 13.9. The number of imide groups is 2. The van der Waals surface area contributed by atoms with Crippen molar-refractivity contribution in [3.05, 3.63) is 132 Å². The molecular formula is C53H55N9O10. The number of aromatic nitrogens is 2. The molecule has 3 aliphatic rings. The van der Waals surface area contributed by atoms with Gasteiger partial charge in [0.25, 0.3) is 17.7 Å². The van der Waals surface area contributed by atoms with Gasteiger partial charge in [-0.15, -0.1) is 0 Å². The van der Waals surface area contributed by atoms with Crippen molar-refractivity contribution in [1.29, 1.82) is 5.26 Å². The van der Waals surface area contributed by atoms with Gasteiger partial charge < -0.3 is 34.9 Å². The number of piperidine rings is 1. The first-order valence-electron chi connectivity index (χ1n) is 24.0. The van der Waals surface area contributed by atoms with E-state index in [-0.39, 0.29) is 54.4 Å². The van der Waals surface area contributed by atoms with Crippen molar-refractivity contribution in [2.75, 3.05) is 56.4 Å². The third-order valence-electron chi connectivity index (χ3n) is 12.5. The largest absolute Gasteiger partial charge is 0.483 e. The van der Waals surface area contributed by atoms with Crippen LogP contribution in [0.25, 0.3) is 11.1 Å². The molecule has 1 atom stereocenters. The molecule has 1 saturated heterocycles. The summed E-state index contributed by atoms with van der Waals surface area (Å²) in [6.45, 7) is 1.95. The SMILES string of the molecule is N#Cc1ccc(NC2CCC(N(C(=O)NCc3ccccc3)c3ccc(-c4ccnc(OCCOCCOCCCNC(=O)COc5cccc6c5C(=O)N(C5CCC(=O)NC5=O)C6=O)c4)cc3)CC2)nc1. The zero-order chi connectivity index (χ0) is 50.2. The molecule has 19 heteroatoms. The van der Waals surface area contributed by atoms with Crippen LogP contribution in [0, 0.1) is 11.3 Å². The Bertz CT molecular complexity index is 2760. The first kappa shape index (κ1) is 50.2. The molecule has 372 valence electrons. The predicted octanol–water partition coefficient (Wildman–Crippen LogP) is 5.55. The number of pyridine rings is 2. The number of nitrogens with zero attached hydrogens (tertiary/aromatic N) is 5. The summed E-state index contributed by atoms with van der Waals surface area (Å²) >= 11 is 0. The zero-order valence-corrected chi connectivity index (χ0v) is 39.5. The predicted molar refractivity (Wildman–Crippen MR) is 263 cm³/mol. The number of nitrogens with one attached hydrogen (secondary N) is 4. The fourth-order valence-electron chi connectivity index (χ4n) is 8.80. The van der Waals surface area contributed by atoms with Crippen LogP contribution in [0.2, 0.25) is 0 Å². The van der Waals surface area contributed by atoms with E-state index in [2.05, 4.69) is 37.3 Å². The van der Waals surface area contributed by atoms with Gasteiger partial charge in [-0.25, -0.2) is 14.8 Å². The Hall–Kier alpha value is -8.21. The second-order valence-electron chi connectivity index (χ2n) is 17.3. The van der Waals surface area contributed by atoms with E-state index in [1.54, 1.807) is 18.5 Å². The number of amides is 7. The van der Waals surface area contributed by atoms with Crippen LogP contribution in [0.4, 0.5) is 16.3 Å². The Labute approximate surface area is 416 Å². The molecular weight excluding hydrogens is 923 g/mol. The summed E-state index contributed by atoms with van der Waals surface area (Å²) in [7, 11) is 0. The quantitative estimate of drug-likeness (QED) is 0.0491. The highest BCUT2D eigenvalue weighted by molar-refractivity contribution is 6.24. The molecule has 1 unspecified atom stereocenters. The van der Waals surface area contributed by atoms with Crippen LogP contribution >= 0.6 is 0 Å². The van der Waals surface area contributed by atoms with E-state index < -0.39 is 42.2 Å². The number of urea groups is 1. The normalized spacial score (nSPS) is 17.3. The Morgan fingerprint density at radius 2 is 1.56 bits per heavy atom. The average molecular weight is 978 g/mol. The summed E-state index contributed by atoms with van der Waals surface area (Å²) in [5.74, 6) is -1.78. The number of ether oxygens (including phenoxy) is 4. The summed E-state index contributed by atoms with van der Waals surface area (Å²) in [5.41, 5.74) is 4.20. The minimum atomic E-state index is -1.11. The molecule has 19 nitrogen and oxygen atoms in total. The van der Waals surface area contributed by atoms with Crippen LogP contribution < -0.4 is 35.6 Å². The van der Waals surface area contributed by atoms with E-state index in [9.17, 15) is 28.8 Å². The number of carbonyl (C=O) groups excluding carboxylic acids is 6. The molecule has 8 rings (SSSR count). The van der Waals surface area contributed by atoms with E-state index >= 15 is 0 Å². The number of anilines is 2. The lowest BCUT2D eigenvalue weighted by atomic mass is 9.89. The van der Waals surface area contributed by atoms with Crippen molar-refractivity contribution in [2.24, 2.45) is 0 Å². The molecule has 0 radical (unpaired) electrons. The smallest absolute Gasteiger partial charge is 0.322 e. The summed E-state index contributed by atoms with van der Waals surface area (Å²) in [4.78, 5) is 88.2. The number of nitriles is 1. The number of benzene rings is 3. The van der Waals surface area contributed by atoms with Crippen molar-refractivity contribution in [3.63, 3.8) is 0 Å². The number of hydrogen-bond acceptors (Lipinski definition) is 14. The second-order valence-corrected chi connectivity index (χ2v) is 17.3. The molecule has 72 heavy (non-hydrogen) atoms. The van der Waals surface area contributed by atoms with Crippen LogP contribution in [0.1, 0.15) is 76.8 Å². The van der Waals surface area contributed by atoms with Gasteiger partial charge in [-0.2, -0.15) is 5.26 Å². The monoisotopic (exact) mass is 977 g/mol. The Kier molecular flexibility index (Phi) is 17.1. The van der Waals surface area contributed by atoms with Crippen LogP contribution in [-0.2, 0) is 30.4 Å². The molecule has 3 aromatic carbocycles. The van der Waals surface area contributed by atoms with Crippen LogP contribution in [0.5, 0.6) is 11.6 Å². The van der Waals surface area contributed by atoms with Crippen LogP contribution in [0.15, 0.2) is 109 Å². The molecule has 7 amide bonds. The minimum Gasteiger partial charge on any atom is -0.483 e. The van der Waals surface area contributed by atoms with Gasteiger partial charge in [0.05, 0.1) is 36.5 Å². The molecule has 2 aliphatic heterocycles. The molecule has 5 aromatic rings. The van der Waals surface area contributed by atoms with Crippen molar-refractivity contribution in [2.45, 2.75) is 69.6 Å². The van der Waals surface area contributed by atoms with Gasteiger partial charge >= 0.3 is 6.03 Å². The first-order chi connectivity index (χ1) is 35.1. The number of rotatable bonds is 22. The van der Waals surface area contributed by atoms with Crippen molar-refractivity contribution in [3.8, 4) is 28.8 Å². The van der Waals surface area contributed by atoms with Gasteiger partial charge in [-0.3, -0.25) is 39.1 Å². The van der Waals surface area contributed by atoms with Crippen molar-refractivity contribution >= 4 is 47.1 Å². The standard InChI is InChI=1S/C53H55N9O10/c54-31-36-10-20-45(57-33-36)59-39-13-17-41(18-14-39)61(53(68)58-32-35-6-2-1-3-7-35)40-15-11-37(12-16-40)38-22-24-56-48(30-38)71-29-28-70-27-26-69-25-5-23-55-47(64)34-72-44-9-4-8-42-49(44)52(67)62(51(42)66)43-19-21-46(63)60-50(43)65/h1-4,6-12,15-16,20,22,24,30,33,39,41,43H,5,13-14,17-19,21,23,25-29,32,34H2,(H,55,64)(H,57,59)(H,58,68)(H,60,63,65). The third kappa shape index (κ3) is 12.9. The molecule has 1 aliphatic carbocycles. The first-order valence-corrected chi connectivity index (χ1v) is 24.0. The molecule has 1 saturated carbocycles. The average Bonchev–Trinajstić information content (AvgIpc) is 3.66. The van der Waals surface area contributed by atoms with Gasteiger partial charge in [0.15, 0.2) is 6.61 Å². The molecule has 2 fully saturated rings. The highest BCUT2D eigenvalue weighted by Crippen LogP contribution is 2.34. The van der Waals surface area contributed by atoms with Gasteiger partial charge in [0, 0.05) is 62.3 Å². The number of carbonyl (C=O) groups is 6. The van der Waals surface area contributed by atoms with Gasteiger partial charge in [0.1, 0.15) is 30.3 Å². The summed E-state index contributed by atoms with van der Waals surface area (Å²) < 4.78 is 22.8. The highest BCUT2D eigenvalue weighted by atomic mass is 16.5. The van der Waals surface area contributed by atoms with E-state index in [1.165, 1.54) is 18.2 Å². The Morgan fingerprint density at radius 1 is 0.778 bits per heavy atom. The topological polar surface area (TPSA) is 244 Å². The van der Waals surface area contributed by atoms with E-state index in [1.807, 2.05) is 77.7 Å². The minimum absolute atomic E-state index is 0.00365. The lowest BCUT2D eigenvalue weighted by molar-refractivity contribution is -0.136. The fourth-order valence-corrected chi connectivity index (χ4v) is 8.80. The molecule has 4 heterocycles. The van der Waals surface area contributed by atoms with Gasteiger partial charge in [-0.05, 0) is 97.7 Å². The summed E-state index contributed by atoms with van der Waals surface area (Å²) in [6.07, 6.45) is 7.10. The van der Waals surface area contributed by atoms with Crippen LogP contribution in [-0.4, -0.2) is 115 Å². The highest BCUT2D eigenvalue weighted by Gasteiger charge is 2.46. The van der Waals surface area contributed by atoms with Crippen molar-refractivity contribution in [1.82, 2.24) is 30.8 Å². The Morgan fingerprint density at radius 3 is 2.31 bits per heavy atom. The molecule has 0 bridgehead atoms. The van der Waals surface area contributed by atoms with Crippen LogP contribution in [0.3, 0.4) is 0 Å². The third-order valence-corrected chi connectivity index (χ3v) is 12.5. The zero-order valence-electron chi connectivity index (χ0n) is 39.5. The molecule has 4 N–H and O–H groups in total. The number of hydrogen-bond donors (Lipinski definition) is 4. The maximum Gasteiger partial charge on any atom is 0.322 e. The maximum atomic E-state index is 13.9. The summed E-state index contributed by atoms with van der Waals surface area (Å²) in [5, 5.41) is 20.6. The van der Waals surface area contributed by atoms with Crippen molar-refractivity contribution < 1.29 is 47.7 Å². The Balaban J connectivity index is 0.724. The lowest BCUT2D eigenvalue weighted by Gasteiger charge is -2.37. The molecule has 0 spiro atoms. The van der Waals surface area contributed by atoms with Gasteiger partial charge in [-0.1, -0.05) is 48.5 Å². The van der Waals surface area contributed by atoms with E-state index in [0.29, 0.717) is 57.4 Å². The summed E-state index contributed by atoms with van der Waals surface area (Å²) in [6, 6.07) is 30.6. The van der Waals surface area contributed by atoms with E-state index in [0.717, 1.165) is 58.8 Å². The van der Waals surface area contributed by atoms with E-state index in [4.69, 9.17) is 24.2 Å². The van der Waals surface area contributed by atoms with Gasteiger partial charge in [0.2, 0.25) is 17.7 Å². The lowest BCUT2D eigenvalue weighted by Crippen LogP contribution is -2.54.